The molecule has 30 heavy (non-hydrogen) atoms. The van der Waals surface area contributed by atoms with Gasteiger partial charge in [0.1, 0.15) is 0 Å². The van der Waals surface area contributed by atoms with E-state index in [4.69, 9.17) is 0 Å². The number of sulfonamides is 1. The molecule has 1 saturated heterocycles. The molecule has 1 amide bonds. The summed E-state index contributed by atoms with van der Waals surface area (Å²) >= 11 is 0. The molecule has 1 aliphatic carbocycles. The van der Waals surface area contributed by atoms with Crippen LogP contribution in [0.1, 0.15) is 52.0 Å². The summed E-state index contributed by atoms with van der Waals surface area (Å²) in [5, 5.41) is 9.44. The van der Waals surface area contributed by atoms with Crippen LogP contribution >= 0.6 is 0 Å². The van der Waals surface area contributed by atoms with Crippen molar-refractivity contribution in [2.75, 3.05) is 26.2 Å². The lowest BCUT2D eigenvalue weighted by atomic mass is 9.78. The number of piperazine rings is 1. The lowest BCUT2D eigenvalue weighted by molar-refractivity contribution is -0.152. The first-order valence-corrected chi connectivity index (χ1v) is 12.1. The highest BCUT2D eigenvalue weighted by molar-refractivity contribution is 7.89. The lowest BCUT2D eigenvalue weighted by Crippen LogP contribution is -2.53. The third kappa shape index (κ3) is 4.70. The predicted molar refractivity (Wildman–Crippen MR) is 114 cm³/mol. The van der Waals surface area contributed by atoms with Gasteiger partial charge in [-0.05, 0) is 36.0 Å². The molecule has 1 N–H and O–H groups in total. The molecule has 0 spiro atoms. The normalized spacial score (nSPS) is 23.9. The van der Waals surface area contributed by atoms with Crippen molar-refractivity contribution in [2.24, 2.45) is 11.8 Å². The average Bonchev–Trinajstić information content (AvgIpc) is 2.72. The van der Waals surface area contributed by atoms with Gasteiger partial charge in [0.25, 0.3) is 0 Å². The lowest BCUT2D eigenvalue weighted by Gasteiger charge is -2.38. The summed E-state index contributed by atoms with van der Waals surface area (Å²) in [6.07, 6.45) is 2.82. The first kappa shape index (κ1) is 22.7. The fourth-order valence-corrected chi connectivity index (χ4v) is 5.80. The Hall–Kier alpha value is -1.93. The highest BCUT2D eigenvalue weighted by atomic mass is 32.2. The molecule has 2 atom stereocenters. The van der Waals surface area contributed by atoms with Crippen LogP contribution in [0.2, 0.25) is 0 Å². The Morgan fingerprint density at radius 1 is 0.933 bits per heavy atom. The Labute approximate surface area is 179 Å². The topological polar surface area (TPSA) is 95.0 Å². The molecule has 2 fully saturated rings. The van der Waals surface area contributed by atoms with Gasteiger partial charge < -0.3 is 10.0 Å². The van der Waals surface area contributed by atoms with Crippen LogP contribution in [0.15, 0.2) is 29.2 Å². The minimum atomic E-state index is -3.62. The van der Waals surface area contributed by atoms with Crippen molar-refractivity contribution in [3.05, 3.63) is 29.8 Å². The molecule has 0 aromatic heterocycles. The zero-order chi connectivity index (χ0) is 22.1. The van der Waals surface area contributed by atoms with E-state index < -0.39 is 27.8 Å². The van der Waals surface area contributed by atoms with Crippen molar-refractivity contribution >= 4 is 21.9 Å². The number of aliphatic carboxylic acids is 1. The molecule has 166 valence electrons. The number of hydrogen-bond acceptors (Lipinski definition) is 4. The number of carboxylic acid groups (broad SMARTS) is 1. The molecule has 1 saturated carbocycles. The second-order valence-electron chi connectivity index (χ2n) is 9.34. The van der Waals surface area contributed by atoms with Crippen LogP contribution < -0.4 is 0 Å². The summed E-state index contributed by atoms with van der Waals surface area (Å²) < 4.78 is 27.4. The summed E-state index contributed by atoms with van der Waals surface area (Å²) in [5.74, 6) is -2.18. The molecule has 8 heteroatoms. The van der Waals surface area contributed by atoms with Gasteiger partial charge in [0.05, 0.1) is 16.7 Å². The monoisotopic (exact) mass is 436 g/mol. The van der Waals surface area contributed by atoms with E-state index in [2.05, 4.69) is 20.8 Å². The SMILES string of the molecule is CC(C)(C)c1ccc(S(=O)(=O)N2CCN(C(=O)[C@H]3CCCC[C@H]3C(=O)O)CC2)cc1. The standard InChI is InChI=1S/C22H32N2O5S/c1-22(2,3)16-8-10-17(11-9-16)30(28,29)24-14-12-23(13-15-24)20(25)18-6-4-5-7-19(18)21(26)27/h8-11,18-19H,4-7,12-15H2,1-3H3,(H,26,27)/t18-,19+/m0/s1. The van der Waals surface area contributed by atoms with Crippen LogP contribution in [0.25, 0.3) is 0 Å². The van der Waals surface area contributed by atoms with E-state index in [9.17, 15) is 23.1 Å². The molecule has 1 heterocycles. The maximum absolute atomic E-state index is 13.0. The fraction of sp³-hybridized carbons (Fsp3) is 0.636. The Balaban J connectivity index is 1.65. The highest BCUT2D eigenvalue weighted by Crippen LogP contribution is 2.32. The van der Waals surface area contributed by atoms with Gasteiger partial charge in [0.15, 0.2) is 0 Å². The van der Waals surface area contributed by atoms with Crippen LogP contribution in [0.3, 0.4) is 0 Å². The van der Waals surface area contributed by atoms with E-state index in [1.165, 1.54) is 4.31 Å². The second kappa shape index (κ2) is 8.67. The smallest absolute Gasteiger partial charge is 0.307 e. The number of nitrogens with zero attached hydrogens (tertiary/aromatic N) is 2. The van der Waals surface area contributed by atoms with Gasteiger partial charge in [-0.2, -0.15) is 4.31 Å². The van der Waals surface area contributed by atoms with E-state index in [1.807, 2.05) is 12.1 Å². The fourth-order valence-electron chi connectivity index (χ4n) is 4.38. The number of carboxylic acids is 1. The Kier molecular flexibility index (Phi) is 6.57. The molecular formula is C22H32N2O5S. The van der Waals surface area contributed by atoms with Crippen molar-refractivity contribution in [1.29, 1.82) is 0 Å². The summed E-state index contributed by atoms with van der Waals surface area (Å²) in [6, 6.07) is 6.99. The summed E-state index contributed by atoms with van der Waals surface area (Å²) in [6.45, 7) is 7.26. The first-order chi connectivity index (χ1) is 14.0. The van der Waals surface area contributed by atoms with Crippen molar-refractivity contribution in [1.82, 2.24) is 9.21 Å². The zero-order valence-corrected chi connectivity index (χ0v) is 18.8. The summed E-state index contributed by atoms with van der Waals surface area (Å²) in [4.78, 5) is 26.3. The van der Waals surface area contributed by atoms with Gasteiger partial charge in [-0.1, -0.05) is 45.7 Å². The summed E-state index contributed by atoms with van der Waals surface area (Å²) in [7, 11) is -3.62. The van der Waals surface area contributed by atoms with Crippen LogP contribution in [0, 0.1) is 11.8 Å². The maximum Gasteiger partial charge on any atom is 0.307 e. The third-order valence-corrected chi connectivity index (χ3v) is 8.22. The zero-order valence-electron chi connectivity index (χ0n) is 18.0. The van der Waals surface area contributed by atoms with Crippen LogP contribution in [-0.2, 0) is 25.0 Å². The number of carbonyl (C=O) groups excluding carboxylic acids is 1. The van der Waals surface area contributed by atoms with Gasteiger partial charge in [-0.25, -0.2) is 8.42 Å². The van der Waals surface area contributed by atoms with Crippen LogP contribution in [0.4, 0.5) is 0 Å². The van der Waals surface area contributed by atoms with E-state index >= 15 is 0 Å². The maximum atomic E-state index is 13.0. The van der Waals surface area contributed by atoms with Crippen molar-refractivity contribution < 1.29 is 23.1 Å². The Morgan fingerprint density at radius 3 is 1.97 bits per heavy atom. The average molecular weight is 437 g/mol. The molecule has 0 radical (unpaired) electrons. The Bertz CT molecular complexity index is 881. The molecule has 7 nitrogen and oxygen atoms in total. The molecular weight excluding hydrogens is 404 g/mol. The van der Waals surface area contributed by atoms with Crippen molar-refractivity contribution in [3.63, 3.8) is 0 Å². The minimum Gasteiger partial charge on any atom is -0.481 e. The van der Waals surface area contributed by atoms with Crippen LogP contribution in [-0.4, -0.2) is 60.8 Å². The number of benzene rings is 1. The molecule has 1 aromatic carbocycles. The predicted octanol–water partition coefficient (Wildman–Crippen LogP) is 2.71. The van der Waals surface area contributed by atoms with Gasteiger partial charge in [-0.15, -0.1) is 0 Å². The van der Waals surface area contributed by atoms with Crippen LogP contribution in [0.5, 0.6) is 0 Å². The van der Waals surface area contributed by atoms with Gasteiger partial charge in [-0.3, -0.25) is 9.59 Å². The number of carbonyl (C=O) groups is 2. The minimum absolute atomic E-state index is 0.0544. The van der Waals surface area contributed by atoms with Gasteiger partial charge in [0, 0.05) is 26.2 Å². The van der Waals surface area contributed by atoms with Crippen molar-refractivity contribution in [2.45, 2.75) is 56.8 Å². The van der Waals surface area contributed by atoms with Gasteiger partial charge in [0.2, 0.25) is 15.9 Å². The van der Waals surface area contributed by atoms with Crippen molar-refractivity contribution in [3.8, 4) is 0 Å². The highest BCUT2D eigenvalue weighted by Gasteiger charge is 2.39. The molecule has 2 aliphatic rings. The number of amides is 1. The molecule has 1 aromatic rings. The number of rotatable bonds is 4. The van der Waals surface area contributed by atoms with E-state index in [-0.39, 0.29) is 29.3 Å². The van der Waals surface area contributed by atoms with E-state index in [0.717, 1.165) is 18.4 Å². The Morgan fingerprint density at radius 2 is 1.47 bits per heavy atom. The molecule has 3 rings (SSSR count). The molecule has 0 unspecified atom stereocenters. The molecule has 1 aliphatic heterocycles. The second-order valence-corrected chi connectivity index (χ2v) is 11.3. The number of hydrogen-bond donors (Lipinski definition) is 1. The third-order valence-electron chi connectivity index (χ3n) is 6.31. The van der Waals surface area contributed by atoms with E-state index in [0.29, 0.717) is 25.9 Å². The first-order valence-electron chi connectivity index (χ1n) is 10.6. The largest absolute Gasteiger partial charge is 0.481 e. The molecule has 0 bridgehead atoms. The van der Waals surface area contributed by atoms with E-state index in [1.54, 1.807) is 17.0 Å². The summed E-state index contributed by atoms with van der Waals surface area (Å²) in [5.41, 5.74) is 1.01. The quantitative estimate of drug-likeness (QED) is 0.783. The van der Waals surface area contributed by atoms with Gasteiger partial charge >= 0.3 is 5.97 Å².